The van der Waals surface area contributed by atoms with Gasteiger partial charge in [0.15, 0.2) is 11.3 Å². The summed E-state index contributed by atoms with van der Waals surface area (Å²) >= 11 is 0. The summed E-state index contributed by atoms with van der Waals surface area (Å²) in [7, 11) is 0. The zero-order chi connectivity index (χ0) is 33.1. The lowest BCUT2D eigenvalue weighted by molar-refractivity contribution is -0.176. The zero-order valence-electron chi connectivity index (χ0n) is 25.1. The molecule has 3 atom stereocenters. The summed E-state index contributed by atoms with van der Waals surface area (Å²) in [6.45, 7) is -0.481. The second-order valence-electron chi connectivity index (χ2n) is 12.3. The van der Waals surface area contributed by atoms with E-state index < -0.39 is 59.8 Å². The number of halogens is 3. The van der Waals surface area contributed by atoms with Crippen LogP contribution >= 0.6 is 0 Å². The molecule has 5 N–H and O–H groups in total. The minimum Gasteiger partial charge on any atom is -0.389 e. The van der Waals surface area contributed by atoms with Crippen molar-refractivity contribution >= 4 is 29.4 Å². The SMILES string of the molecule is O=C1NCC[C@H]1C[C@@H](NC(=O)[C@@H](CC1CCCCC1)NC(=O)C1(NC(=O)C(F)(F)F)c2ccccc2-c2ccccc21)C(=O)CO. The van der Waals surface area contributed by atoms with Crippen molar-refractivity contribution in [3.05, 3.63) is 59.7 Å². The van der Waals surface area contributed by atoms with Crippen molar-refractivity contribution in [2.24, 2.45) is 11.8 Å². The fraction of sp³-hybridized carbons (Fsp3) is 0.485. The number of carbonyl (C=O) groups is 5. The largest absolute Gasteiger partial charge is 0.471 e. The second kappa shape index (κ2) is 13.6. The molecule has 0 bridgehead atoms. The highest BCUT2D eigenvalue weighted by Crippen LogP contribution is 2.48. The van der Waals surface area contributed by atoms with Gasteiger partial charge in [-0.25, -0.2) is 0 Å². The van der Waals surface area contributed by atoms with Crippen molar-refractivity contribution in [1.29, 1.82) is 0 Å². The van der Waals surface area contributed by atoms with Crippen LogP contribution in [0.3, 0.4) is 0 Å². The Morgan fingerprint density at radius 2 is 1.48 bits per heavy atom. The lowest BCUT2D eigenvalue weighted by Crippen LogP contribution is -2.62. The Morgan fingerprint density at radius 3 is 2.02 bits per heavy atom. The number of hydrogen-bond donors (Lipinski definition) is 5. The Labute approximate surface area is 263 Å². The third-order valence-corrected chi connectivity index (χ3v) is 9.31. The van der Waals surface area contributed by atoms with Crippen LogP contribution in [0.25, 0.3) is 11.1 Å². The molecule has 13 heteroatoms. The van der Waals surface area contributed by atoms with Crippen LogP contribution in [0.2, 0.25) is 0 Å². The number of alkyl halides is 3. The van der Waals surface area contributed by atoms with E-state index in [2.05, 4.69) is 16.0 Å². The van der Waals surface area contributed by atoms with Crippen LogP contribution < -0.4 is 21.3 Å². The van der Waals surface area contributed by atoms with E-state index in [0.717, 1.165) is 32.1 Å². The number of aliphatic hydroxyl groups is 1. The Kier molecular flexibility index (Phi) is 9.80. The summed E-state index contributed by atoms with van der Waals surface area (Å²) in [4.78, 5) is 65.8. The van der Waals surface area contributed by atoms with Gasteiger partial charge in [0.25, 0.3) is 5.91 Å². The number of Topliss-reactive ketones (excluding diaryl/α,β-unsaturated/α-hetero) is 1. The maximum absolute atomic E-state index is 14.5. The molecule has 0 spiro atoms. The van der Waals surface area contributed by atoms with E-state index >= 15 is 0 Å². The molecule has 4 amide bonds. The van der Waals surface area contributed by atoms with Crippen LogP contribution in [0.15, 0.2) is 48.5 Å². The first-order chi connectivity index (χ1) is 22.0. The smallest absolute Gasteiger partial charge is 0.389 e. The van der Waals surface area contributed by atoms with E-state index in [9.17, 15) is 42.3 Å². The lowest BCUT2D eigenvalue weighted by atomic mass is 9.83. The van der Waals surface area contributed by atoms with E-state index in [4.69, 9.17) is 0 Å². The highest BCUT2D eigenvalue weighted by atomic mass is 19.4. The van der Waals surface area contributed by atoms with Crippen molar-refractivity contribution in [3.8, 4) is 11.1 Å². The number of fused-ring (bicyclic) bond motifs is 3. The van der Waals surface area contributed by atoms with Crippen molar-refractivity contribution in [3.63, 3.8) is 0 Å². The van der Waals surface area contributed by atoms with Crippen LogP contribution in [0, 0.1) is 11.8 Å². The summed E-state index contributed by atoms with van der Waals surface area (Å²) in [5, 5.41) is 19.5. The van der Waals surface area contributed by atoms with Gasteiger partial charge in [0.1, 0.15) is 12.6 Å². The molecule has 2 aromatic carbocycles. The average molecular weight is 643 g/mol. The molecule has 1 heterocycles. The minimum absolute atomic E-state index is 0.00118. The quantitative estimate of drug-likeness (QED) is 0.254. The van der Waals surface area contributed by atoms with Gasteiger partial charge in [-0.15, -0.1) is 0 Å². The first-order valence-corrected chi connectivity index (χ1v) is 15.6. The summed E-state index contributed by atoms with van der Waals surface area (Å²) in [5.41, 5.74) is -1.19. The molecule has 3 aliphatic rings. The average Bonchev–Trinajstić information content (AvgIpc) is 3.58. The van der Waals surface area contributed by atoms with Crippen LogP contribution in [0.1, 0.15) is 62.5 Å². The lowest BCUT2D eigenvalue weighted by Gasteiger charge is -2.35. The third kappa shape index (κ3) is 6.64. The number of nitrogens with one attached hydrogen (secondary N) is 4. The van der Waals surface area contributed by atoms with Gasteiger partial charge in [0, 0.05) is 12.5 Å². The van der Waals surface area contributed by atoms with Gasteiger partial charge in [-0.05, 0) is 47.4 Å². The van der Waals surface area contributed by atoms with Crippen LogP contribution in [0.5, 0.6) is 0 Å². The van der Waals surface area contributed by atoms with E-state index in [-0.39, 0.29) is 35.8 Å². The van der Waals surface area contributed by atoms with E-state index in [1.54, 1.807) is 36.4 Å². The Balaban J connectivity index is 1.51. The van der Waals surface area contributed by atoms with E-state index in [1.165, 1.54) is 12.1 Å². The highest BCUT2D eigenvalue weighted by molar-refractivity contribution is 6.05. The number of benzene rings is 2. The van der Waals surface area contributed by atoms with Crippen LogP contribution in [-0.4, -0.2) is 65.9 Å². The molecular formula is C33H37F3N4O6. The Morgan fingerprint density at radius 1 is 0.870 bits per heavy atom. The molecule has 1 saturated carbocycles. The van der Waals surface area contributed by atoms with E-state index in [0.29, 0.717) is 24.1 Å². The van der Waals surface area contributed by atoms with E-state index in [1.807, 2.05) is 5.32 Å². The van der Waals surface area contributed by atoms with Gasteiger partial charge in [-0.1, -0.05) is 80.6 Å². The van der Waals surface area contributed by atoms with Gasteiger partial charge in [0.2, 0.25) is 11.8 Å². The Hall–Kier alpha value is -4.26. The highest BCUT2D eigenvalue weighted by Gasteiger charge is 2.54. The number of ketones is 1. The van der Waals surface area contributed by atoms with Crippen molar-refractivity contribution < 1.29 is 42.3 Å². The molecule has 1 aliphatic heterocycles. The monoisotopic (exact) mass is 642 g/mol. The molecule has 0 radical (unpaired) electrons. The fourth-order valence-corrected chi connectivity index (χ4v) is 6.97. The molecule has 5 rings (SSSR count). The zero-order valence-corrected chi connectivity index (χ0v) is 25.1. The molecule has 0 unspecified atom stereocenters. The third-order valence-electron chi connectivity index (χ3n) is 9.31. The summed E-state index contributed by atoms with van der Waals surface area (Å²) in [6, 6.07) is 10.1. The fourth-order valence-electron chi connectivity index (χ4n) is 6.97. The predicted molar refractivity (Wildman–Crippen MR) is 160 cm³/mol. The number of carbonyl (C=O) groups excluding carboxylic acids is 5. The summed E-state index contributed by atoms with van der Waals surface area (Å²) in [6.07, 6.45) is -0.457. The van der Waals surface area contributed by atoms with Gasteiger partial charge < -0.3 is 26.4 Å². The molecule has 2 aliphatic carbocycles. The van der Waals surface area contributed by atoms with Crippen molar-refractivity contribution in [2.75, 3.05) is 13.2 Å². The molecule has 0 aromatic heterocycles. The molecule has 46 heavy (non-hydrogen) atoms. The van der Waals surface area contributed by atoms with Crippen molar-refractivity contribution in [1.82, 2.24) is 21.3 Å². The van der Waals surface area contributed by atoms with Gasteiger partial charge >= 0.3 is 12.1 Å². The minimum atomic E-state index is -5.32. The molecular weight excluding hydrogens is 605 g/mol. The Bertz CT molecular complexity index is 1460. The molecule has 2 aromatic rings. The number of aliphatic hydroxyl groups excluding tert-OH is 1. The topological polar surface area (TPSA) is 154 Å². The predicted octanol–water partition coefficient (Wildman–Crippen LogP) is 2.62. The number of rotatable bonds is 11. The number of hydrogen-bond acceptors (Lipinski definition) is 6. The molecule has 10 nitrogen and oxygen atoms in total. The summed E-state index contributed by atoms with van der Waals surface area (Å²) in [5.74, 6) is -5.72. The number of amides is 4. The van der Waals surface area contributed by atoms with Crippen LogP contribution in [0.4, 0.5) is 13.2 Å². The first kappa shape index (κ1) is 33.1. The molecule has 246 valence electrons. The van der Waals surface area contributed by atoms with Gasteiger partial charge in [-0.3, -0.25) is 24.0 Å². The molecule has 2 fully saturated rings. The van der Waals surface area contributed by atoms with Gasteiger partial charge in [0.05, 0.1) is 6.04 Å². The first-order valence-electron chi connectivity index (χ1n) is 15.6. The van der Waals surface area contributed by atoms with Crippen LogP contribution in [-0.2, 0) is 29.5 Å². The second-order valence-corrected chi connectivity index (χ2v) is 12.3. The molecule has 1 saturated heterocycles. The maximum atomic E-state index is 14.5. The standard InChI is InChI=1S/C33H37F3N4O6/c34-33(35,36)31(46)40-32(23-12-6-4-10-21(23)22-11-5-7-13-24(22)32)30(45)39-26(16-19-8-2-1-3-9-19)29(44)38-25(27(42)18-41)17-20-14-15-37-28(20)43/h4-7,10-13,19-20,25-26,41H,1-3,8-9,14-18H2,(H,37,43)(H,38,44)(H,39,45)(H,40,46)/t20-,25+,26+/m0/s1. The van der Waals surface area contributed by atoms with Gasteiger partial charge in [-0.2, -0.15) is 13.2 Å². The normalized spacial score (nSPS) is 20.1. The van der Waals surface area contributed by atoms with Crippen molar-refractivity contribution in [2.45, 2.75) is 75.2 Å². The summed E-state index contributed by atoms with van der Waals surface area (Å²) < 4.78 is 41.2. The maximum Gasteiger partial charge on any atom is 0.471 e.